The van der Waals surface area contributed by atoms with Gasteiger partial charge in [0.15, 0.2) is 0 Å². The van der Waals surface area contributed by atoms with Gasteiger partial charge in [0, 0.05) is 16.5 Å². The normalized spacial score (nSPS) is 0. The summed E-state index contributed by atoms with van der Waals surface area (Å²) in [6.45, 7) is 0. The maximum absolute atomic E-state index is 0. The third-order valence-electron chi connectivity index (χ3n) is 0. The SMILES string of the molecule is [GaH3].[GaH3].[GaH3].[GaH3].[Ni]. The Morgan fingerprint density at radius 3 is 0.400 bits per heavy atom. The molecule has 0 rings (SSSR count). The first kappa shape index (κ1) is 43.1. The van der Waals surface area contributed by atoms with E-state index >= 15 is 0 Å². The average Bonchev–Trinajstić information content (AvgIpc) is 0. The van der Waals surface area contributed by atoms with E-state index in [9.17, 15) is 0 Å². The van der Waals surface area contributed by atoms with Crippen molar-refractivity contribution in [2.45, 2.75) is 0 Å². The molecule has 34 valence electrons. The van der Waals surface area contributed by atoms with Gasteiger partial charge in [-0.3, -0.25) is 0 Å². The van der Waals surface area contributed by atoms with E-state index < -0.39 is 0 Å². The van der Waals surface area contributed by atoms with Crippen LogP contribution in [0, 0.1) is 0 Å². The quantitative estimate of drug-likeness (QED) is 0.386. The van der Waals surface area contributed by atoms with Crippen LogP contribution in [-0.4, -0.2) is 79.2 Å². The maximum Gasteiger partial charge on any atom is 0 e. The molecule has 0 unspecified atom stereocenters. The molecule has 5 heavy (non-hydrogen) atoms. The van der Waals surface area contributed by atoms with Crippen LogP contribution in [0.5, 0.6) is 0 Å². The molecule has 0 bridgehead atoms. The van der Waals surface area contributed by atoms with E-state index in [2.05, 4.69) is 0 Å². The Morgan fingerprint density at radius 2 is 0.400 bits per heavy atom. The van der Waals surface area contributed by atoms with Gasteiger partial charge >= 0.3 is 79.2 Å². The van der Waals surface area contributed by atoms with Crippen molar-refractivity contribution >= 4 is 79.2 Å². The Balaban J connectivity index is 0. The molecule has 0 aromatic rings. The summed E-state index contributed by atoms with van der Waals surface area (Å²) in [5.41, 5.74) is 0. The molecular formula is H12Ga4Ni. The summed E-state index contributed by atoms with van der Waals surface area (Å²) < 4.78 is 0. The largest absolute Gasteiger partial charge is 0 e. The van der Waals surface area contributed by atoms with Crippen LogP contribution in [0.1, 0.15) is 0 Å². The molecule has 0 saturated carbocycles. The van der Waals surface area contributed by atoms with E-state index in [0.717, 1.165) is 0 Å². The molecule has 0 N–H and O–H groups in total. The van der Waals surface area contributed by atoms with Crippen LogP contribution in [-0.2, 0) is 16.5 Å². The minimum Gasteiger partial charge on any atom is 0 e. The second-order valence-electron chi connectivity index (χ2n) is 0. The van der Waals surface area contributed by atoms with Crippen LogP contribution in [0.3, 0.4) is 0 Å². The van der Waals surface area contributed by atoms with Crippen molar-refractivity contribution in [3.05, 3.63) is 0 Å². The monoisotopic (exact) mass is 346 g/mol. The smallest absolute Gasteiger partial charge is 0 e. The van der Waals surface area contributed by atoms with E-state index in [1.165, 1.54) is 0 Å². The fraction of sp³-hybridized carbons (Fsp3) is 0. The first-order valence-electron chi connectivity index (χ1n) is 0. The van der Waals surface area contributed by atoms with Gasteiger partial charge in [0.05, 0.1) is 0 Å². The van der Waals surface area contributed by atoms with Crippen LogP contribution < -0.4 is 0 Å². The fourth-order valence-corrected chi connectivity index (χ4v) is 0. The molecule has 0 aromatic carbocycles. The molecule has 0 radical (unpaired) electrons. The predicted molar refractivity (Wildman–Crippen MR) is 39.8 cm³/mol. The molecule has 0 heterocycles. The average molecular weight is 350 g/mol. The van der Waals surface area contributed by atoms with Gasteiger partial charge in [-0.2, -0.15) is 0 Å². The van der Waals surface area contributed by atoms with Crippen LogP contribution in [0.25, 0.3) is 0 Å². The second kappa shape index (κ2) is 27.8. The zero-order chi connectivity index (χ0) is 0. The predicted octanol–water partition coefficient (Wildman–Crippen LogP) is -4.74. The van der Waals surface area contributed by atoms with Crippen molar-refractivity contribution in [3.8, 4) is 0 Å². The van der Waals surface area contributed by atoms with E-state index in [1.807, 2.05) is 0 Å². The summed E-state index contributed by atoms with van der Waals surface area (Å²) in [7, 11) is 0. The number of rotatable bonds is 0. The Hall–Kier alpha value is 3.04. The van der Waals surface area contributed by atoms with E-state index in [-0.39, 0.29) is 95.7 Å². The van der Waals surface area contributed by atoms with Crippen molar-refractivity contribution in [3.63, 3.8) is 0 Å². The third kappa shape index (κ3) is 19.4. The molecule has 0 aromatic heterocycles. The van der Waals surface area contributed by atoms with Crippen molar-refractivity contribution < 1.29 is 16.5 Å². The number of hydrogen-bond acceptors (Lipinski definition) is 0. The van der Waals surface area contributed by atoms with Crippen molar-refractivity contribution in [1.82, 2.24) is 0 Å². The molecule has 0 atom stereocenters. The Morgan fingerprint density at radius 1 is 0.400 bits per heavy atom. The van der Waals surface area contributed by atoms with E-state index in [4.69, 9.17) is 0 Å². The first-order chi connectivity index (χ1) is 0. The standard InChI is InChI=1S/4Ga.Ni.12H. The van der Waals surface area contributed by atoms with Crippen molar-refractivity contribution in [1.29, 1.82) is 0 Å². The van der Waals surface area contributed by atoms with Crippen molar-refractivity contribution in [2.24, 2.45) is 0 Å². The minimum absolute atomic E-state index is 0. The molecule has 0 spiro atoms. The third-order valence-corrected chi connectivity index (χ3v) is 0. The molecule has 0 saturated heterocycles. The molecule has 0 aliphatic rings. The van der Waals surface area contributed by atoms with Crippen LogP contribution in [0.4, 0.5) is 0 Å². The zero-order valence-electron chi connectivity index (χ0n) is 0.316. The van der Waals surface area contributed by atoms with E-state index in [1.54, 1.807) is 0 Å². The van der Waals surface area contributed by atoms with Gasteiger partial charge in [-0.1, -0.05) is 0 Å². The summed E-state index contributed by atoms with van der Waals surface area (Å²) in [4.78, 5) is 0. The van der Waals surface area contributed by atoms with Crippen LogP contribution in [0.15, 0.2) is 0 Å². The van der Waals surface area contributed by atoms with Gasteiger partial charge < -0.3 is 0 Å². The molecule has 0 nitrogen and oxygen atoms in total. The first-order valence-corrected chi connectivity index (χ1v) is 0. The van der Waals surface area contributed by atoms with Gasteiger partial charge in [-0.15, -0.1) is 0 Å². The fourth-order valence-electron chi connectivity index (χ4n) is 0. The second-order valence-corrected chi connectivity index (χ2v) is 0. The zero-order valence-corrected chi connectivity index (χ0v) is 1.30. The van der Waals surface area contributed by atoms with Gasteiger partial charge in [0.25, 0.3) is 0 Å². The summed E-state index contributed by atoms with van der Waals surface area (Å²) >= 11 is 0. The summed E-state index contributed by atoms with van der Waals surface area (Å²) in [5.74, 6) is 0. The van der Waals surface area contributed by atoms with Gasteiger partial charge in [-0.25, -0.2) is 0 Å². The van der Waals surface area contributed by atoms with Crippen LogP contribution >= 0.6 is 0 Å². The number of hydrogen-bond donors (Lipinski definition) is 0. The molecular weight excluding hydrogens is 338 g/mol. The molecule has 0 aliphatic carbocycles. The minimum atomic E-state index is 0. The van der Waals surface area contributed by atoms with Gasteiger partial charge in [0.2, 0.25) is 0 Å². The topological polar surface area (TPSA) is 0 Å². The molecule has 0 amide bonds. The van der Waals surface area contributed by atoms with Gasteiger partial charge in [-0.05, 0) is 0 Å². The Labute approximate surface area is 94.1 Å². The summed E-state index contributed by atoms with van der Waals surface area (Å²) in [6, 6.07) is 0. The molecule has 0 fully saturated rings. The Kier molecular flexibility index (Phi) is 240. The van der Waals surface area contributed by atoms with Crippen molar-refractivity contribution in [2.75, 3.05) is 0 Å². The molecule has 0 aliphatic heterocycles. The summed E-state index contributed by atoms with van der Waals surface area (Å²) in [5, 5.41) is 0. The van der Waals surface area contributed by atoms with E-state index in [0.29, 0.717) is 0 Å². The van der Waals surface area contributed by atoms with Gasteiger partial charge in [0.1, 0.15) is 0 Å². The molecule has 5 heteroatoms. The summed E-state index contributed by atoms with van der Waals surface area (Å²) in [6.07, 6.45) is 0. The maximum atomic E-state index is 0. The van der Waals surface area contributed by atoms with Crippen LogP contribution in [0.2, 0.25) is 0 Å². The Bertz CT molecular complexity index is 3.61.